The summed E-state index contributed by atoms with van der Waals surface area (Å²) in [4.78, 5) is 12.1. The Morgan fingerprint density at radius 3 is 2.43 bits per heavy atom. The first-order valence-corrected chi connectivity index (χ1v) is 9.34. The van der Waals surface area contributed by atoms with Gasteiger partial charge in [-0.1, -0.05) is 23.9 Å². The van der Waals surface area contributed by atoms with E-state index in [1.54, 1.807) is 0 Å². The highest BCUT2D eigenvalue weighted by Gasteiger charge is 2.54. The van der Waals surface area contributed by atoms with Crippen LogP contribution in [0.2, 0.25) is 0 Å². The van der Waals surface area contributed by atoms with Gasteiger partial charge in [-0.2, -0.15) is 0 Å². The number of carbonyl (C=O) groups excluding carboxylic acids is 1. The first-order chi connectivity index (χ1) is 10.6. The number of rotatable bonds is 4. The molecule has 1 fully saturated rings. The van der Waals surface area contributed by atoms with E-state index in [0.29, 0.717) is 5.56 Å². The molecule has 1 heterocycles. The highest BCUT2D eigenvalue weighted by molar-refractivity contribution is 8.24. The van der Waals surface area contributed by atoms with Crippen molar-refractivity contribution in [1.29, 1.82) is 10.8 Å². The first kappa shape index (κ1) is 17.6. The summed E-state index contributed by atoms with van der Waals surface area (Å²) in [5, 5.41) is 25.2. The monoisotopic (exact) mass is 356 g/mol. The van der Waals surface area contributed by atoms with Crippen LogP contribution in [0, 0.1) is 16.7 Å². The summed E-state index contributed by atoms with van der Waals surface area (Å²) in [6.45, 7) is 1.32. The fourth-order valence-corrected chi connectivity index (χ4v) is 3.73. The van der Waals surface area contributed by atoms with Gasteiger partial charge < -0.3 is 15.3 Å². The molecule has 0 aromatic heterocycles. The zero-order chi connectivity index (χ0) is 17.4. The predicted octanol–water partition coefficient (Wildman–Crippen LogP) is 1.37. The van der Waals surface area contributed by atoms with Crippen LogP contribution in [0.15, 0.2) is 29.2 Å². The molecule has 1 saturated heterocycles. The molecule has 1 aliphatic rings. The Morgan fingerprint density at radius 1 is 1.39 bits per heavy atom. The Balaban J connectivity index is 2.46. The predicted molar refractivity (Wildman–Crippen MR) is 86.6 cm³/mol. The van der Waals surface area contributed by atoms with Crippen LogP contribution >= 0.6 is 11.8 Å². The fraction of sp³-hybridized carbons (Fsp3) is 0.357. The van der Waals surface area contributed by atoms with Gasteiger partial charge in [0.1, 0.15) is 5.92 Å². The van der Waals surface area contributed by atoms with Crippen LogP contribution in [-0.2, 0) is 19.4 Å². The third-order valence-electron chi connectivity index (χ3n) is 3.61. The number of nitrogens with one attached hydrogen (secondary N) is 2. The smallest absolute Gasteiger partial charge is 0.318 e. The van der Waals surface area contributed by atoms with Gasteiger partial charge in [0.05, 0.1) is 21.4 Å². The molecule has 0 amide bonds. The maximum atomic E-state index is 12.0. The number of sulfone groups is 1. The standard InChI is InChI=1S/C14H16N2O5S2/c1-14(18)11(10(13(17)21-14)12(16)22-7-15)8-3-5-9(6-4-8)23(2,19)20/h3-7,10-11,15-16,18H,1-2H3. The molecule has 23 heavy (non-hydrogen) atoms. The molecule has 3 unspecified atom stereocenters. The number of ether oxygens (including phenoxy) is 1. The number of benzene rings is 1. The molecule has 124 valence electrons. The molecule has 0 saturated carbocycles. The van der Waals surface area contributed by atoms with Crippen molar-refractivity contribution in [3.8, 4) is 0 Å². The van der Waals surface area contributed by atoms with Crippen LogP contribution in [0.4, 0.5) is 0 Å². The van der Waals surface area contributed by atoms with Crippen LogP contribution in [-0.4, -0.2) is 42.1 Å². The normalized spacial score (nSPS) is 27.5. The van der Waals surface area contributed by atoms with E-state index in [-0.39, 0.29) is 9.94 Å². The average molecular weight is 356 g/mol. The number of esters is 1. The second-order valence-corrected chi connectivity index (χ2v) is 8.30. The van der Waals surface area contributed by atoms with Gasteiger partial charge in [0.15, 0.2) is 9.84 Å². The Hall–Kier alpha value is -1.71. The Morgan fingerprint density at radius 2 is 1.96 bits per heavy atom. The lowest BCUT2D eigenvalue weighted by molar-refractivity contribution is -0.184. The molecule has 3 N–H and O–H groups in total. The zero-order valence-electron chi connectivity index (χ0n) is 12.4. The lowest BCUT2D eigenvalue weighted by atomic mass is 9.83. The highest BCUT2D eigenvalue weighted by atomic mass is 32.2. The number of aliphatic hydroxyl groups is 1. The molecular formula is C14H16N2O5S2. The van der Waals surface area contributed by atoms with Gasteiger partial charge in [0, 0.05) is 13.2 Å². The van der Waals surface area contributed by atoms with E-state index in [9.17, 15) is 18.3 Å². The summed E-state index contributed by atoms with van der Waals surface area (Å²) in [5.74, 6) is -4.46. The van der Waals surface area contributed by atoms with Gasteiger partial charge in [0.2, 0.25) is 5.79 Å². The molecule has 0 bridgehead atoms. The number of hydrogen-bond acceptors (Lipinski definition) is 8. The van der Waals surface area contributed by atoms with E-state index in [1.165, 1.54) is 31.2 Å². The van der Waals surface area contributed by atoms with Gasteiger partial charge in [-0.3, -0.25) is 10.2 Å². The van der Waals surface area contributed by atoms with Crippen LogP contribution in [0.5, 0.6) is 0 Å². The van der Waals surface area contributed by atoms with E-state index in [4.69, 9.17) is 15.6 Å². The van der Waals surface area contributed by atoms with Crippen LogP contribution in [0.3, 0.4) is 0 Å². The Bertz CT molecular complexity index is 756. The van der Waals surface area contributed by atoms with E-state index < -0.39 is 33.4 Å². The molecule has 1 aromatic carbocycles. The van der Waals surface area contributed by atoms with E-state index in [2.05, 4.69) is 0 Å². The van der Waals surface area contributed by atoms with Crippen LogP contribution in [0.1, 0.15) is 18.4 Å². The van der Waals surface area contributed by atoms with Crippen LogP contribution < -0.4 is 0 Å². The minimum atomic E-state index is -3.36. The van der Waals surface area contributed by atoms with Crippen LogP contribution in [0.25, 0.3) is 0 Å². The first-order valence-electron chi connectivity index (χ1n) is 6.57. The maximum absolute atomic E-state index is 12.0. The Labute approximate surface area is 138 Å². The second-order valence-electron chi connectivity index (χ2n) is 5.37. The molecule has 0 radical (unpaired) electrons. The summed E-state index contributed by atoms with van der Waals surface area (Å²) < 4.78 is 28.0. The van der Waals surface area contributed by atoms with Crippen molar-refractivity contribution in [2.24, 2.45) is 5.92 Å². The minimum absolute atomic E-state index is 0.111. The van der Waals surface area contributed by atoms with Crippen molar-refractivity contribution in [1.82, 2.24) is 0 Å². The molecule has 7 nitrogen and oxygen atoms in total. The highest BCUT2D eigenvalue weighted by Crippen LogP contribution is 2.44. The van der Waals surface area contributed by atoms with Crippen molar-refractivity contribution in [2.45, 2.75) is 23.5 Å². The molecule has 1 aliphatic heterocycles. The van der Waals surface area contributed by atoms with E-state index in [1.807, 2.05) is 0 Å². The summed E-state index contributed by atoms with van der Waals surface area (Å²) in [6.07, 6.45) is 1.08. The van der Waals surface area contributed by atoms with Crippen molar-refractivity contribution >= 4 is 38.2 Å². The average Bonchev–Trinajstić information content (AvgIpc) is 2.67. The van der Waals surface area contributed by atoms with Crippen molar-refractivity contribution in [3.05, 3.63) is 29.8 Å². The summed E-state index contributed by atoms with van der Waals surface area (Å²) in [6, 6.07) is 5.75. The van der Waals surface area contributed by atoms with Gasteiger partial charge in [-0.25, -0.2) is 8.42 Å². The number of hydrogen-bond donors (Lipinski definition) is 3. The SMILES string of the molecule is CC1(O)OC(=O)C(C(=N)SC=N)C1c1ccc(S(C)(=O)=O)cc1. The summed E-state index contributed by atoms with van der Waals surface area (Å²) in [5.41, 5.74) is 1.40. The lowest BCUT2D eigenvalue weighted by Crippen LogP contribution is -2.32. The Kier molecular flexibility index (Phi) is 4.65. The largest absolute Gasteiger partial charge is 0.432 e. The molecule has 0 aliphatic carbocycles. The number of cyclic esters (lactones) is 1. The third-order valence-corrected chi connectivity index (χ3v) is 5.36. The fourth-order valence-electron chi connectivity index (χ4n) is 2.60. The molecule has 3 atom stereocenters. The van der Waals surface area contributed by atoms with Crippen molar-refractivity contribution in [2.75, 3.05) is 6.26 Å². The minimum Gasteiger partial charge on any atom is -0.432 e. The molecule has 0 spiro atoms. The maximum Gasteiger partial charge on any atom is 0.318 e. The zero-order valence-corrected chi connectivity index (χ0v) is 14.1. The second kappa shape index (κ2) is 6.06. The summed E-state index contributed by atoms with van der Waals surface area (Å²) >= 11 is 0.756. The van der Waals surface area contributed by atoms with Gasteiger partial charge in [-0.05, 0) is 17.7 Å². The molecule has 2 rings (SSSR count). The van der Waals surface area contributed by atoms with Gasteiger partial charge in [0.25, 0.3) is 0 Å². The summed E-state index contributed by atoms with van der Waals surface area (Å²) in [7, 11) is -3.36. The molecule has 1 aromatic rings. The van der Waals surface area contributed by atoms with Gasteiger partial charge in [-0.15, -0.1) is 0 Å². The van der Waals surface area contributed by atoms with E-state index in [0.717, 1.165) is 23.6 Å². The van der Waals surface area contributed by atoms with Crippen molar-refractivity contribution < 1.29 is 23.1 Å². The molecule has 9 heteroatoms. The number of thioether (sulfide) groups is 1. The van der Waals surface area contributed by atoms with Gasteiger partial charge >= 0.3 is 5.97 Å². The quantitative estimate of drug-likeness (QED) is 0.425. The number of carbonyl (C=O) groups is 1. The van der Waals surface area contributed by atoms with Crippen molar-refractivity contribution in [3.63, 3.8) is 0 Å². The lowest BCUT2D eigenvalue weighted by Gasteiger charge is -2.25. The molecular weight excluding hydrogens is 340 g/mol. The van der Waals surface area contributed by atoms with E-state index >= 15 is 0 Å². The third kappa shape index (κ3) is 3.46. The topological polar surface area (TPSA) is 128 Å².